The van der Waals surface area contributed by atoms with Gasteiger partial charge in [-0.1, -0.05) is 29.5 Å². The van der Waals surface area contributed by atoms with Crippen LogP contribution in [0, 0.1) is 19.7 Å². The maximum absolute atomic E-state index is 13.8. The second kappa shape index (κ2) is 10.6. The number of aryl methyl sites for hydroxylation is 1. The molecule has 0 fully saturated rings. The first kappa shape index (κ1) is 28.3. The van der Waals surface area contributed by atoms with Crippen LogP contribution in [-0.4, -0.2) is 21.7 Å². The zero-order chi connectivity index (χ0) is 29.6. The van der Waals surface area contributed by atoms with Crippen LogP contribution in [0.3, 0.4) is 0 Å². The predicted molar refractivity (Wildman–Crippen MR) is 147 cm³/mol. The largest absolute Gasteiger partial charge is 0.463 e. The van der Waals surface area contributed by atoms with E-state index in [0.29, 0.717) is 43.2 Å². The van der Waals surface area contributed by atoms with Crippen LogP contribution >= 0.6 is 11.3 Å². The third-order valence-electron chi connectivity index (χ3n) is 6.89. The normalized spacial score (nSPS) is 15.6. The van der Waals surface area contributed by atoms with Gasteiger partial charge in [0.25, 0.3) is 5.56 Å². The zero-order valence-corrected chi connectivity index (χ0v) is 23.4. The van der Waals surface area contributed by atoms with Gasteiger partial charge in [-0.25, -0.2) is 14.2 Å². The van der Waals surface area contributed by atoms with Gasteiger partial charge < -0.3 is 9.30 Å². The molecule has 0 spiro atoms. The molecule has 0 bridgehead atoms. The molecular formula is C30H25F4N3O3S. The lowest BCUT2D eigenvalue weighted by molar-refractivity contribution is -0.139. The maximum atomic E-state index is 13.8. The number of esters is 1. The molecular weight excluding hydrogens is 558 g/mol. The number of halogens is 4. The summed E-state index contributed by atoms with van der Waals surface area (Å²) in [5.41, 5.74) is 2.23. The lowest BCUT2D eigenvalue weighted by Crippen LogP contribution is -2.39. The molecule has 0 amide bonds. The van der Waals surface area contributed by atoms with Crippen LogP contribution in [0.1, 0.15) is 48.0 Å². The average molecular weight is 584 g/mol. The number of alkyl halides is 3. The number of thiazole rings is 1. The van der Waals surface area contributed by atoms with Gasteiger partial charge in [-0.15, -0.1) is 0 Å². The van der Waals surface area contributed by atoms with Crippen LogP contribution in [0.2, 0.25) is 0 Å². The van der Waals surface area contributed by atoms with Gasteiger partial charge in [-0.3, -0.25) is 9.36 Å². The van der Waals surface area contributed by atoms with E-state index in [2.05, 4.69) is 4.99 Å². The van der Waals surface area contributed by atoms with E-state index in [1.54, 1.807) is 50.5 Å². The van der Waals surface area contributed by atoms with E-state index in [1.807, 2.05) is 0 Å². The molecule has 0 aliphatic carbocycles. The number of rotatable bonds is 5. The quantitative estimate of drug-likeness (QED) is 0.235. The number of allylic oxidation sites excluding steroid dienone is 1. The fraction of sp³-hybridized carbons (Fsp3) is 0.233. The Morgan fingerprint density at radius 1 is 1.10 bits per heavy atom. The number of aromatic nitrogens is 2. The van der Waals surface area contributed by atoms with Gasteiger partial charge in [-0.2, -0.15) is 13.2 Å². The highest BCUT2D eigenvalue weighted by Crippen LogP contribution is 2.32. The van der Waals surface area contributed by atoms with E-state index in [0.717, 1.165) is 23.5 Å². The highest BCUT2D eigenvalue weighted by atomic mass is 32.1. The third-order valence-corrected chi connectivity index (χ3v) is 7.87. The van der Waals surface area contributed by atoms with E-state index in [4.69, 9.17) is 4.74 Å². The summed E-state index contributed by atoms with van der Waals surface area (Å²) in [6, 6.07) is 11.5. The third kappa shape index (κ3) is 5.17. The number of hydrogen-bond donors (Lipinski definition) is 0. The van der Waals surface area contributed by atoms with Crippen molar-refractivity contribution in [3.8, 4) is 5.69 Å². The summed E-state index contributed by atoms with van der Waals surface area (Å²) < 4.78 is 62.5. The smallest absolute Gasteiger partial charge is 0.416 e. The molecule has 5 rings (SSSR count). The highest BCUT2D eigenvalue weighted by Gasteiger charge is 2.33. The van der Waals surface area contributed by atoms with Crippen LogP contribution in [0.5, 0.6) is 0 Å². The van der Waals surface area contributed by atoms with Crippen molar-refractivity contribution in [2.75, 3.05) is 6.61 Å². The Bertz CT molecular complexity index is 1880. The van der Waals surface area contributed by atoms with Crippen LogP contribution < -0.4 is 14.9 Å². The summed E-state index contributed by atoms with van der Waals surface area (Å²) in [6.45, 7) is 6.99. The van der Waals surface area contributed by atoms with Crippen molar-refractivity contribution in [2.24, 2.45) is 4.99 Å². The Balaban J connectivity index is 1.67. The van der Waals surface area contributed by atoms with E-state index < -0.39 is 35.1 Å². The first-order chi connectivity index (χ1) is 19.4. The van der Waals surface area contributed by atoms with Crippen molar-refractivity contribution in [1.29, 1.82) is 0 Å². The van der Waals surface area contributed by atoms with Gasteiger partial charge in [0.15, 0.2) is 4.80 Å². The summed E-state index contributed by atoms with van der Waals surface area (Å²) in [7, 11) is 0. The number of carbonyl (C=O) groups is 1. The van der Waals surface area contributed by atoms with Crippen molar-refractivity contribution in [3.63, 3.8) is 0 Å². The Labute approximate surface area is 236 Å². The van der Waals surface area contributed by atoms with Crippen LogP contribution in [0.25, 0.3) is 11.8 Å². The molecule has 3 heterocycles. The molecule has 0 saturated heterocycles. The number of benzene rings is 2. The van der Waals surface area contributed by atoms with Gasteiger partial charge in [-0.05, 0) is 81.3 Å². The average Bonchev–Trinajstić information content (AvgIpc) is 3.37. The first-order valence-electron chi connectivity index (χ1n) is 12.7. The maximum Gasteiger partial charge on any atom is 0.416 e. The van der Waals surface area contributed by atoms with Gasteiger partial charge in [0, 0.05) is 17.1 Å². The molecule has 6 nitrogen and oxygen atoms in total. The predicted octanol–water partition coefficient (Wildman–Crippen LogP) is 5.36. The van der Waals surface area contributed by atoms with Crippen molar-refractivity contribution < 1.29 is 27.1 Å². The molecule has 212 valence electrons. The number of carbonyl (C=O) groups excluding carboxylic acids is 1. The second-order valence-electron chi connectivity index (χ2n) is 9.56. The Kier molecular flexibility index (Phi) is 7.33. The monoisotopic (exact) mass is 583 g/mol. The number of hydrogen-bond acceptors (Lipinski definition) is 5. The fourth-order valence-corrected chi connectivity index (χ4v) is 6.08. The minimum Gasteiger partial charge on any atom is -0.463 e. The van der Waals surface area contributed by atoms with Crippen molar-refractivity contribution in [3.05, 3.63) is 119 Å². The Morgan fingerprint density at radius 3 is 2.46 bits per heavy atom. The number of fused-ring (bicyclic) bond motifs is 1. The Morgan fingerprint density at radius 2 is 1.80 bits per heavy atom. The summed E-state index contributed by atoms with van der Waals surface area (Å²) >= 11 is 1.12. The molecule has 0 N–H and O–H groups in total. The summed E-state index contributed by atoms with van der Waals surface area (Å²) in [6.07, 6.45) is -2.81. The summed E-state index contributed by atoms with van der Waals surface area (Å²) in [5.74, 6) is -1.09. The van der Waals surface area contributed by atoms with Crippen molar-refractivity contribution in [1.82, 2.24) is 9.13 Å². The summed E-state index contributed by atoms with van der Waals surface area (Å²) in [4.78, 5) is 31.7. The van der Waals surface area contributed by atoms with E-state index >= 15 is 0 Å². The topological polar surface area (TPSA) is 65.6 Å². The van der Waals surface area contributed by atoms with Gasteiger partial charge >= 0.3 is 12.1 Å². The molecule has 1 unspecified atom stereocenters. The number of nitrogens with zero attached hydrogens (tertiary/aromatic N) is 3. The second-order valence-corrected chi connectivity index (χ2v) is 10.6. The molecule has 0 saturated carbocycles. The zero-order valence-electron chi connectivity index (χ0n) is 22.5. The van der Waals surface area contributed by atoms with Gasteiger partial charge in [0.05, 0.1) is 34.0 Å². The van der Waals surface area contributed by atoms with Gasteiger partial charge in [0.1, 0.15) is 5.82 Å². The molecule has 1 atom stereocenters. The SMILES string of the molecule is CCOC(=O)C1=C(C)N=c2s/c(=C\c3cc(C)n(-c4cccc(C(F)(F)F)c4)c3C)c(=O)n2C1c1ccc(F)cc1. The molecule has 4 aromatic rings. The molecule has 2 aromatic carbocycles. The standard InChI is InChI=1S/C30H25F4N3O3S/c1-5-40-28(39)25-17(3)35-29-37(26(25)19-9-11-22(31)12-10-19)27(38)24(41-29)14-20-13-16(2)36(18(20)4)23-8-6-7-21(15-23)30(32,33)34/h6-15,26H,5H2,1-4H3/b24-14-. The number of ether oxygens (including phenoxy) is 1. The molecule has 0 radical (unpaired) electrons. The molecule has 2 aromatic heterocycles. The molecule has 11 heteroatoms. The van der Waals surface area contributed by atoms with E-state index in [1.165, 1.54) is 34.9 Å². The molecule has 41 heavy (non-hydrogen) atoms. The van der Waals surface area contributed by atoms with Crippen LogP contribution in [0.15, 0.2) is 75.7 Å². The first-order valence-corrected chi connectivity index (χ1v) is 13.5. The summed E-state index contributed by atoms with van der Waals surface area (Å²) in [5, 5.41) is 0. The highest BCUT2D eigenvalue weighted by molar-refractivity contribution is 7.07. The fourth-order valence-electron chi connectivity index (χ4n) is 5.05. The molecule has 1 aliphatic rings. The molecule has 1 aliphatic heterocycles. The Hall–Kier alpha value is -4.25. The van der Waals surface area contributed by atoms with Gasteiger partial charge in [0.2, 0.25) is 0 Å². The lowest BCUT2D eigenvalue weighted by atomic mass is 9.96. The van der Waals surface area contributed by atoms with Crippen LogP contribution in [-0.2, 0) is 15.7 Å². The minimum absolute atomic E-state index is 0.123. The minimum atomic E-state index is -4.48. The van der Waals surface area contributed by atoms with E-state index in [9.17, 15) is 27.2 Å². The lowest BCUT2D eigenvalue weighted by Gasteiger charge is -2.24. The van der Waals surface area contributed by atoms with E-state index in [-0.39, 0.29) is 12.2 Å². The van der Waals surface area contributed by atoms with Crippen molar-refractivity contribution in [2.45, 2.75) is 39.9 Å². The van der Waals surface area contributed by atoms with Crippen molar-refractivity contribution >= 4 is 23.4 Å². The van der Waals surface area contributed by atoms with Crippen LogP contribution in [0.4, 0.5) is 17.6 Å².